The van der Waals surface area contributed by atoms with Gasteiger partial charge in [-0.2, -0.15) is 17.6 Å². The maximum atomic E-state index is 13.3. The van der Waals surface area contributed by atoms with Crippen molar-refractivity contribution < 1.29 is 35.5 Å². The molecule has 0 aliphatic carbocycles. The molecule has 0 aliphatic heterocycles. The number of aromatic nitrogens is 2. The molecular weight excluding hydrogens is 436 g/mol. The molecule has 0 atom stereocenters. The van der Waals surface area contributed by atoms with Crippen molar-refractivity contribution in [2.45, 2.75) is 16.5 Å². The van der Waals surface area contributed by atoms with Crippen LogP contribution in [0.3, 0.4) is 0 Å². The van der Waals surface area contributed by atoms with Gasteiger partial charge in [0.15, 0.2) is 0 Å². The summed E-state index contributed by atoms with van der Waals surface area (Å²) in [6.07, 6.45) is -10.2. The molecule has 14 heteroatoms. The van der Waals surface area contributed by atoms with Gasteiger partial charge in [0.1, 0.15) is 16.3 Å². The summed E-state index contributed by atoms with van der Waals surface area (Å²) in [5, 5.41) is -0.844. The van der Waals surface area contributed by atoms with E-state index in [9.17, 15) is 30.7 Å². The average Bonchev–Trinajstić information content (AvgIpc) is 2.68. The van der Waals surface area contributed by atoms with Crippen LogP contribution in [0.5, 0.6) is 5.75 Å². The smallest absolute Gasteiger partial charge is 0.404 e. The second-order valence-electron chi connectivity index (χ2n) is 4.06. The first-order valence-corrected chi connectivity index (χ1v) is 7.40. The first-order valence-electron chi connectivity index (χ1n) is 5.49. The van der Waals surface area contributed by atoms with Crippen molar-refractivity contribution in [2.75, 3.05) is 0 Å². The fourth-order valence-corrected chi connectivity index (χ4v) is 2.99. The number of hydrogen-bond donors (Lipinski definition) is 0. The molecule has 0 radical (unpaired) electrons. The zero-order chi connectivity index (χ0) is 18.5. The van der Waals surface area contributed by atoms with E-state index >= 15 is 0 Å². The summed E-state index contributed by atoms with van der Waals surface area (Å²) in [4.78, 5) is 3.11. The molecule has 1 heterocycles. The first kappa shape index (κ1) is 19.5. The Kier molecular flexibility index (Phi) is 5.04. The van der Waals surface area contributed by atoms with Crippen LogP contribution in [0.15, 0.2) is 12.1 Å². The van der Waals surface area contributed by atoms with Crippen molar-refractivity contribution in [3.8, 4) is 5.75 Å². The van der Waals surface area contributed by atoms with Crippen molar-refractivity contribution in [1.82, 2.24) is 8.96 Å². The van der Waals surface area contributed by atoms with Gasteiger partial charge in [-0.05, 0) is 12.1 Å². The fraction of sp³-hybridized carbons (Fsp3) is 0.300. The minimum atomic E-state index is -5.12. The third kappa shape index (κ3) is 4.44. The number of benzene rings is 1. The van der Waals surface area contributed by atoms with E-state index in [1.54, 1.807) is 0 Å². The van der Waals surface area contributed by atoms with Gasteiger partial charge in [0.05, 0.1) is 5.52 Å². The Hall–Kier alpha value is -0.780. The van der Waals surface area contributed by atoms with Crippen molar-refractivity contribution in [2.24, 2.45) is 0 Å². The van der Waals surface area contributed by atoms with E-state index in [-0.39, 0.29) is 15.9 Å². The Bertz CT molecular complexity index is 769. The predicted molar refractivity (Wildman–Crippen MR) is 75.0 cm³/mol. The van der Waals surface area contributed by atoms with Crippen LogP contribution >= 0.6 is 46.8 Å². The van der Waals surface area contributed by atoms with E-state index in [0.717, 1.165) is 6.07 Å². The molecule has 0 fully saturated rings. The number of nitrogens with zero attached hydrogens (tertiary/aromatic N) is 2. The Morgan fingerprint density at radius 3 is 2.08 bits per heavy atom. The number of rotatable bonds is 3. The number of halogens is 10. The third-order valence-electron chi connectivity index (χ3n) is 2.36. The van der Waals surface area contributed by atoms with Crippen LogP contribution in [0, 0.1) is 0 Å². The standard InChI is InChI=1S/C10H2Cl3F7N2OS/c11-5-4(23-10(18,19)20)2-1-3-6(5)21-7(8(14,15)16)22(3)24-9(12,13)17/h1-2H. The van der Waals surface area contributed by atoms with Crippen LogP contribution in [0.1, 0.15) is 5.82 Å². The summed E-state index contributed by atoms with van der Waals surface area (Å²) in [5.74, 6) is -2.64. The Labute approximate surface area is 147 Å². The van der Waals surface area contributed by atoms with E-state index in [0.29, 0.717) is 6.07 Å². The van der Waals surface area contributed by atoms with Gasteiger partial charge in [-0.25, -0.2) is 4.98 Å². The molecular formula is C10H2Cl3F7N2OS. The lowest BCUT2D eigenvalue weighted by Gasteiger charge is -2.14. The highest BCUT2D eigenvalue weighted by Gasteiger charge is 2.41. The maximum absolute atomic E-state index is 13.3. The molecule has 0 aliphatic rings. The molecule has 0 unspecified atom stereocenters. The van der Waals surface area contributed by atoms with Crippen LogP contribution in [0.4, 0.5) is 30.7 Å². The van der Waals surface area contributed by atoms with Crippen molar-refractivity contribution in [3.63, 3.8) is 0 Å². The molecule has 0 saturated heterocycles. The van der Waals surface area contributed by atoms with Gasteiger partial charge in [0.25, 0.3) is 0 Å². The summed E-state index contributed by atoms with van der Waals surface area (Å²) < 4.78 is 89.7. The van der Waals surface area contributed by atoms with Gasteiger partial charge in [-0.1, -0.05) is 34.8 Å². The normalized spacial score (nSPS) is 13.6. The van der Waals surface area contributed by atoms with Crippen LogP contribution in [-0.2, 0) is 6.18 Å². The SMILES string of the molecule is FC(F)(F)Oc1ccc2c(nc(C(F)(F)F)n2SC(F)(Cl)Cl)c1Cl. The summed E-state index contributed by atoms with van der Waals surface area (Å²) in [7, 11) is 0. The van der Waals surface area contributed by atoms with E-state index in [2.05, 4.69) is 9.72 Å². The zero-order valence-electron chi connectivity index (χ0n) is 10.6. The number of ether oxygens (including phenoxy) is 1. The molecule has 24 heavy (non-hydrogen) atoms. The predicted octanol–water partition coefficient (Wildman–Crippen LogP) is 6.16. The Balaban J connectivity index is 2.69. The van der Waals surface area contributed by atoms with E-state index in [4.69, 9.17) is 34.8 Å². The van der Waals surface area contributed by atoms with Crippen molar-refractivity contribution >= 4 is 57.8 Å². The molecule has 0 N–H and O–H groups in total. The fourth-order valence-electron chi connectivity index (χ4n) is 1.65. The zero-order valence-corrected chi connectivity index (χ0v) is 13.7. The lowest BCUT2D eigenvalue weighted by atomic mass is 10.3. The van der Waals surface area contributed by atoms with Crippen molar-refractivity contribution in [1.29, 1.82) is 0 Å². The summed E-state index contributed by atoms with van der Waals surface area (Å²) in [6.45, 7) is 0. The van der Waals surface area contributed by atoms with Gasteiger partial charge in [0.2, 0.25) is 5.82 Å². The highest BCUT2D eigenvalue weighted by Crippen LogP contribution is 2.45. The van der Waals surface area contributed by atoms with Gasteiger partial charge < -0.3 is 4.74 Å². The number of fused-ring (bicyclic) bond motifs is 1. The van der Waals surface area contributed by atoms with Crippen LogP contribution < -0.4 is 4.74 Å². The molecule has 1 aromatic heterocycles. The lowest BCUT2D eigenvalue weighted by Crippen LogP contribution is -2.17. The molecule has 0 bridgehead atoms. The van der Waals surface area contributed by atoms with Crippen LogP contribution in [-0.4, -0.2) is 19.2 Å². The number of imidazole rings is 1. The van der Waals surface area contributed by atoms with E-state index in [1.807, 2.05) is 0 Å². The van der Waals surface area contributed by atoms with E-state index < -0.39 is 44.1 Å². The summed E-state index contributed by atoms with van der Waals surface area (Å²) in [5.41, 5.74) is -1.16. The molecule has 134 valence electrons. The Morgan fingerprint density at radius 1 is 1.04 bits per heavy atom. The Morgan fingerprint density at radius 2 is 1.62 bits per heavy atom. The number of hydrogen-bond acceptors (Lipinski definition) is 3. The summed E-state index contributed by atoms with van der Waals surface area (Å²) in [6, 6.07) is 1.43. The average molecular weight is 438 g/mol. The van der Waals surface area contributed by atoms with Crippen molar-refractivity contribution in [3.05, 3.63) is 23.0 Å². The second-order valence-corrected chi connectivity index (χ2v) is 7.23. The molecule has 2 aromatic rings. The topological polar surface area (TPSA) is 27.1 Å². The van der Waals surface area contributed by atoms with Gasteiger partial charge >= 0.3 is 16.5 Å². The first-order chi connectivity index (χ1) is 10.7. The molecule has 2 rings (SSSR count). The molecule has 0 amide bonds. The highest BCUT2D eigenvalue weighted by molar-refractivity contribution is 8.01. The second kappa shape index (κ2) is 6.19. The van der Waals surface area contributed by atoms with Gasteiger partial charge in [-0.3, -0.25) is 3.97 Å². The minimum absolute atomic E-state index is 0.179. The maximum Gasteiger partial charge on any atom is 0.573 e. The summed E-state index contributed by atoms with van der Waals surface area (Å²) >= 11 is 15.4. The molecule has 0 saturated carbocycles. The highest BCUT2D eigenvalue weighted by atomic mass is 35.5. The van der Waals surface area contributed by atoms with Gasteiger partial charge in [-0.15, -0.1) is 13.2 Å². The van der Waals surface area contributed by atoms with Crippen LogP contribution in [0.2, 0.25) is 5.02 Å². The molecule has 1 aromatic carbocycles. The minimum Gasteiger partial charge on any atom is -0.404 e. The molecule has 3 nitrogen and oxygen atoms in total. The van der Waals surface area contributed by atoms with Gasteiger partial charge in [0, 0.05) is 11.9 Å². The van der Waals surface area contributed by atoms with E-state index in [1.165, 1.54) is 0 Å². The lowest BCUT2D eigenvalue weighted by molar-refractivity contribution is -0.274. The monoisotopic (exact) mass is 436 g/mol. The van der Waals surface area contributed by atoms with Crippen LogP contribution in [0.25, 0.3) is 11.0 Å². The largest absolute Gasteiger partial charge is 0.573 e. The third-order valence-corrected chi connectivity index (χ3v) is 3.90. The quantitative estimate of drug-likeness (QED) is 0.425. The number of alkyl halides is 9. The molecule has 0 spiro atoms.